The van der Waals surface area contributed by atoms with Crippen LogP contribution in [0.1, 0.15) is 31.1 Å². The summed E-state index contributed by atoms with van der Waals surface area (Å²) in [7, 11) is 0. The maximum absolute atomic E-state index is 12.9. The number of aryl methyl sites for hydroxylation is 2. The highest BCUT2D eigenvalue weighted by molar-refractivity contribution is 6.30. The predicted molar refractivity (Wildman–Crippen MR) is 76.2 cm³/mol. The molecule has 0 radical (unpaired) electrons. The summed E-state index contributed by atoms with van der Waals surface area (Å²) in [5.74, 6) is -1.08. The number of aromatic nitrogens is 2. The van der Waals surface area contributed by atoms with Crippen molar-refractivity contribution in [1.82, 2.24) is 9.97 Å². The molecule has 0 aliphatic rings. The minimum absolute atomic E-state index is 0.399. The average molecular weight is 315 g/mol. The summed E-state index contributed by atoms with van der Waals surface area (Å²) in [6, 6.07) is 6.94. The molecule has 0 unspecified atom stereocenters. The molecule has 0 fully saturated rings. The van der Waals surface area contributed by atoms with Gasteiger partial charge in [0.15, 0.2) is 0 Å². The van der Waals surface area contributed by atoms with Crippen LogP contribution in [0.3, 0.4) is 0 Å². The summed E-state index contributed by atoms with van der Waals surface area (Å²) in [6.07, 6.45) is -3.74. The summed E-state index contributed by atoms with van der Waals surface area (Å²) < 4.78 is 38.6. The fraction of sp³-hybridized carbons (Fsp3) is 0.333. The van der Waals surface area contributed by atoms with Crippen molar-refractivity contribution in [2.75, 3.05) is 0 Å². The Morgan fingerprint density at radius 3 is 1.81 bits per heavy atom. The fourth-order valence-corrected chi connectivity index (χ4v) is 2.27. The summed E-state index contributed by atoms with van der Waals surface area (Å²) in [5.41, 5.74) is 2.25. The van der Waals surface area contributed by atoms with Gasteiger partial charge in [-0.1, -0.05) is 37.6 Å². The van der Waals surface area contributed by atoms with Gasteiger partial charge in [-0.15, -0.1) is 0 Å². The zero-order valence-electron chi connectivity index (χ0n) is 11.6. The van der Waals surface area contributed by atoms with E-state index in [1.165, 1.54) is 0 Å². The normalized spacial score (nSPS) is 11.7. The van der Waals surface area contributed by atoms with Crippen LogP contribution in [0, 0.1) is 0 Å². The monoisotopic (exact) mass is 314 g/mol. The summed E-state index contributed by atoms with van der Waals surface area (Å²) in [5, 5.41) is 0.572. The molecule has 0 aliphatic heterocycles. The Labute approximate surface area is 126 Å². The maximum atomic E-state index is 12.9. The Balaban J connectivity index is 2.67. The molecule has 1 aromatic heterocycles. The molecule has 0 amide bonds. The number of alkyl halides is 3. The van der Waals surface area contributed by atoms with Gasteiger partial charge in [0.25, 0.3) is 0 Å². The van der Waals surface area contributed by atoms with Crippen LogP contribution in [0.4, 0.5) is 13.2 Å². The van der Waals surface area contributed by atoms with Crippen molar-refractivity contribution in [2.45, 2.75) is 32.9 Å². The number of hydrogen-bond acceptors (Lipinski definition) is 2. The van der Waals surface area contributed by atoms with Crippen molar-refractivity contribution in [3.63, 3.8) is 0 Å². The topological polar surface area (TPSA) is 25.8 Å². The second-order valence-electron chi connectivity index (χ2n) is 4.53. The second kappa shape index (κ2) is 6.02. The molecule has 0 saturated carbocycles. The lowest BCUT2D eigenvalue weighted by atomic mass is 9.99. The number of benzene rings is 1. The van der Waals surface area contributed by atoms with Gasteiger partial charge in [-0.3, -0.25) is 0 Å². The fourth-order valence-electron chi connectivity index (χ4n) is 2.15. The van der Waals surface area contributed by atoms with E-state index in [1.54, 1.807) is 38.1 Å². The lowest BCUT2D eigenvalue weighted by Gasteiger charge is -2.15. The zero-order valence-corrected chi connectivity index (χ0v) is 12.4. The molecule has 2 aromatic rings. The molecule has 0 aliphatic carbocycles. The van der Waals surface area contributed by atoms with Gasteiger partial charge in [0, 0.05) is 10.6 Å². The lowest BCUT2D eigenvalue weighted by molar-refractivity contribution is -0.145. The summed E-state index contributed by atoms with van der Waals surface area (Å²) in [4.78, 5) is 7.40. The number of hydrogen-bond donors (Lipinski definition) is 0. The third-order valence-electron chi connectivity index (χ3n) is 3.12. The zero-order chi connectivity index (χ0) is 15.6. The Morgan fingerprint density at radius 2 is 1.43 bits per heavy atom. The molecule has 0 bridgehead atoms. The van der Waals surface area contributed by atoms with Crippen LogP contribution in [0.2, 0.25) is 5.02 Å². The number of halogens is 4. The third-order valence-corrected chi connectivity index (χ3v) is 3.37. The third kappa shape index (κ3) is 3.35. The predicted octanol–water partition coefficient (Wildman–Crippen LogP) is 4.94. The van der Waals surface area contributed by atoms with Gasteiger partial charge >= 0.3 is 6.18 Å². The van der Waals surface area contributed by atoms with Crippen molar-refractivity contribution < 1.29 is 13.2 Å². The number of rotatable bonds is 3. The molecule has 21 heavy (non-hydrogen) atoms. The van der Waals surface area contributed by atoms with Crippen LogP contribution in [0.15, 0.2) is 24.3 Å². The molecule has 1 aromatic carbocycles. The first-order valence-corrected chi connectivity index (χ1v) is 6.97. The molecular weight excluding hydrogens is 301 g/mol. The van der Waals surface area contributed by atoms with E-state index in [4.69, 9.17) is 11.6 Å². The van der Waals surface area contributed by atoms with Gasteiger partial charge in [-0.25, -0.2) is 9.97 Å². The van der Waals surface area contributed by atoms with Crippen LogP contribution >= 0.6 is 11.6 Å². The van der Waals surface area contributed by atoms with E-state index < -0.39 is 12.0 Å². The van der Waals surface area contributed by atoms with Gasteiger partial charge in [-0.05, 0) is 30.5 Å². The number of nitrogens with zero attached hydrogens (tertiary/aromatic N) is 2. The van der Waals surface area contributed by atoms with Crippen LogP contribution in [0.5, 0.6) is 0 Å². The molecule has 112 valence electrons. The highest BCUT2D eigenvalue weighted by Gasteiger charge is 2.36. The van der Waals surface area contributed by atoms with E-state index in [2.05, 4.69) is 9.97 Å². The highest BCUT2D eigenvalue weighted by atomic mass is 35.5. The van der Waals surface area contributed by atoms with Crippen LogP contribution in [-0.2, 0) is 19.0 Å². The van der Waals surface area contributed by atoms with Crippen molar-refractivity contribution >= 4 is 11.6 Å². The van der Waals surface area contributed by atoms with Gasteiger partial charge in [0.2, 0.25) is 5.82 Å². The van der Waals surface area contributed by atoms with E-state index in [0.29, 0.717) is 34.8 Å². The van der Waals surface area contributed by atoms with Crippen molar-refractivity contribution in [2.24, 2.45) is 0 Å². The van der Waals surface area contributed by atoms with Crippen molar-refractivity contribution in [3.05, 3.63) is 46.5 Å². The Bertz CT molecular complexity index is 611. The van der Waals surface area contributed by atoms with Crippen LogP contribution in [-0.4, -0.2) is 9.97 Å². The quantitative estimate of drug-likeness (QED) is 0.802. The molecule has 2 rings (SSSR count). The van der Waals surface area contributed by atoms with E-state index >= 15 is 0 Å². The first kappa shape index (κ1) is 15.8. The Kier molecular flexibility index (Phi) is 4.52. The molecule has 1 heterocycles. The van der Waals surface area contributed by atoms with E-state index in [1.807, 2.05) is 0 Å². The average Bonchev–Trinajstić information content (AvgIpc) is 2.45. The smallest absolute Gasteiger partial charge is 0.229 e. The van der Waals surface area contributed by atoms with Gasteiger partial charge in [-0.2, -0.15) is 13.2 Å². The molecule has 0 atom stereocenters. The van der Waals surface area contributed by atoms with Gasteiger partial charge in [0.1, 0.15) is 0 Å². The van der Waals surface area contributed by atoms with Gasteiger partial charge < -0.3 is 0 Å². The van der Waals surface area contributed by atoms with Crippen LogP contribution < -0.4 is 0 Å². The molecule has 2 nitrogen and oxygen atoms in total. The van der Waals surface area contributed by atoms with Crippen LogP contribution in [0.25, 0.3) is 11.1 Å². The first-order valence-electron chi connectivity index (χ1n) is 6.59. The highest BCUT2D eigenvalue weighted by Crippen LogP contribution is 2.32. The van der Waals surface area contributed by atoms with Crippen molar-refractivity contribution in [3.8, 4) is 11.1 Å². The van der Waals surface area contributed by atoms with E-state index in [9.17, 15) is 13.2 Å². The summed E-state index contributed by atoms with van der Waals surface area (Å²) in [6.45, 7) is 3.56. The first-order chi connectivity index (χ1) is 9.86. The standard InChI is InChI=1S/C15H14ClF3N2/c1-3-11-13(9-5-7-10(16)8-6-9)12(4-2)21-14(20-11)15(17,18)19/h5-8H,3-4H2,1-2H3. The Morgan fingerprint density at radius 1 is 0.952 bits per heavy atom. The minimum Gasteiger partial charge on any atom is -0.229 e. The van der Waals surface area contributed by atoms with Crippen molar-refractivity contribution in [1.29, 1.82) is 0 Å². The summed E-state index contributed by atoms with van der Waals surface area (Å²) >= 11 is 5.85. The van der Waals surface area contributed by atoms with E-state index in [-0.39, 0.29) is 0 Å². The molecule has 0 saturated heterocycles. The molecule has 0 spiro atoms. The van der Waals surface area contributed by atoms with Gasteiger partial charge in [0.05, 0.1) is 11.4 Å². The molecule has 6 heteroatoms. The molecule has 0 N–H and O–H groups in total. The largest absolute Gasteiger partial charge is 0.451 e. The maximum Gasteiger partial charge on any atom is 0.451 e. The SMILES string of the molecule is CCc1nc(C(F)(F)F)nc(CC)c1-c1ccc(Cl)cc1. The Hall–Kier alpha value is -1.62. The lowest BCUT2D eigenvalue weighted by Crippen LogP contribution is -2.15. The minimum atomic E-state index is -4.54. The van der Waals surface area contributed by atoms with E-state index in [0.717, 1.165) is 5.56 Å². The molecular formula is C15H14ClF3N2. The second-order valence-corrected chi connectivity index (χ2v) is 4.96.